The van der Waals surface area contributed by atoms with E-state index >= 15 is 0 Å². The van der Waals surface area contributed by atoms with Crippen LogP contribution in [0.4, 0.5) is 0 Å². The third-order valence-electron chi connectivity index (χ3n) is 3.09. The van der Waals surface area contributed by atoms with Crippen molar-refractivity contribution in [1.29, 1.82) is 0 Å². The first-order valence-electron chi connectivity index (χ1n) is 5.63. The van der Waals surface area contributed by atoms with Gasteiger partial charge in [-0.05, 0) is 33.3 Å². The van der Waals surface area contributed by atoms with Crippen LogP contribution < -0.4 is 5.32 Å². The van der Waals surface area contributed by atoms with E-state index in [0.29, 0.717) is 6.04 Å². The van der Waals surface area contributed by atoms with Gasteiger partial charge in [0.1, 0.15) is 0 Å². The lowest BCUT2D eigenvalue weighted by Gasteiger charge is -2.36. The number of hydrogen-bond acceptors (Lipinski definition) is 3. The van der Waals surface area contributed by atoms with Crippen LogP contribution in [-0.4, -0.2) is 33.9 Å². The summed E-state index contributed by atoms with van der Waals surface area (Å²) in [5, 5.41) is 14.9. The van der Waals surface area contributed by atoms with Crippen molar-refractivity contribution in [2.75, 3.05) is 6.54 Å². The highest BCUT2D eigenvalue weighted by Crippen LogP contribution is 2.37. The maximum Gasteiger partial charge on any atom is 0.0635 e. The fourth-order valence-corrected chi connectivity index (χ4v) is 2.10. The van der Waals surface area contributed by atoms with Gasteiger partial charge < -0.3 is 10.5 Å². The molecule has 0 fully saturated rings. The second kappa shape index (κ2) is 3.89. The summed E-state index contributed by atoms with van der Waals surface area (Å²) in [7, 11) is 0. The number of rotatable bonds is 3. The number of hydroxylamine groups is 2. The zero-order valence-electron chi connectivity index (χ0n) is 10.8. The van der Waals surface area contributed by atoms with E-state index in [1.807, 2.05) is 13.8 Å². The van der Waals surface area contributed by atoms with Crippen molar-refractivity contribution < 1.29 is 5.21 Å². The minimum Gasteiger partial charge on any atom is -0.312 e. The van der Waals surface area contributed by atoms with Crippen molar-refractivity contribution in [3.8, 4) is 0 Å². The molecule has 0 saturated heterocycles. The van der Waals surface area contributed by atoms with Crippen LogP contribution in [0.15, 0.2) is 11.6 Å². The molecule has 1 aliphatic heterocycles. The van der Waals surface area contributed by atoms with Crippen molar-refractivity contribution in [2.24, 2.45) is 0 Å². The Morgan fingerprint density at radius 1 is 1.33 bits per heavy atom. The first-order valence-corrected chi connectivity index (χ1v) is 5.63. The zero-order chi connectivity index (χ0) is 11.9. The van der Waals surface area contributed by atoms with E-state index in [2.05, 4.69) is 39.1 Å². The topological polar surface area (TPSA) is 35.5 Å². The highest BCUT2D eigenvalue weighted by molar-refractivity contribution is 5.30. The maximum atomic E-state index is 10.1. The Bertz CT molecular complexity index is 267. The third kappa shape index (κ3) is 2.41. The van der Waals surface area contributed by atoms with Crippen LogP contribution in [0.3, 0.4) is 0 Å². The second-order valence-corrected chi connectivity index (χ2v) is 5.73. The SMILES string of the molecule is CC(C)NCC1=CC(C)(C)N(O)C1(C)C. The smallest absolute Gasteiger partial charge is 0.0635 e. The largest absolute Gasteiger partial charge is 0.312 e. The maximum absolute atomic E-state index is 10.1. The molecule has 3 nitrogen and oxygen atoms in total. The van der Waals surface area contributed by atoms with Crippen molar-refractivity contribution in [3.05, 3.63) is 11.6 Å². The molecule has 2 N–H and O–H groups in total. The molecule has 1 aliphatic rings. The first kappa shape index (κ1) is 12.7. The monoisotopic (exact) mass is 212 g/mol. The highest BCUT2D eigenvalue weighted by atomic mass is 16.5. The average molecular weight is 212 g/mol. The van der Waals surface area contributed by atoms with Gasteiger partial charge in [0.2, 0.25) is 0 Å². The minimum absolute atomic E-state index is 0.266. The third-order valence-corrected chi connectivity index (χ3v) is 3.09. The lowest BCUT2D eigenvalue weighted by Crippen LogP contribution is -2.48. The summed E-state index contributed by atoms with van der Waals surface area (Å²) in [5.74, 6) is 0. The Balaban J connectivity index is 2.79. The summed E-state index contributed by atoms with van der Waals surface area (Å²) in [5.41, 5.74) is 0.715. The van der Waals surface area contributed by atoms with E-state index < -0.39 is 0 Å². The Morgan fingerprint density at radius 2 is 1.87 bits per heavy atom. The average Bonchev–Trinajstić information content (AvgIpc) is 2.23. The lowest BCUT2D eigenvalue weighted by molar-refractivity contribution is -0.185. The molecule has 0 radical (unpaired) electrons. The summed E-state index contributed by atoms with van der Waals surface area (Å²) in [4.78, 5) is 0. The van der Waals surface area contributed by atoms with Crippen LogP contribution >= 0.6 is 0 Å². The summed E-state index contributed by atoms with van der Waals surface area (Å²) in [6.07, 6.45) is 2.16. The van der Waals surface area contributed by atoms with Gasteiger partial charge in [0, 0.05) is 12.6 Å². The molecule has 0 spiro atoms. The molecule has 88 valence electrons. The number of hydrogen-bond donors (Lipinski definition) is 2. The van der Waals surface area contributed by atoms with Gasteiger partial charge in [0.25, 0.3) is 0 Å². The Labute approximate surface area is 93.1 Å². The molecular weight excluding hydrogens is 188 g/mol. The van der Waals surface area contributed by atoms with E-state index in [1.165, 1.54) is 10.6 Å². The zero-order valence-corrected chi connectivity index (χ0v) is 10.8. The Hall–Kier alpha value is -0.380. The van der Waals surface area contributed by atoms with Gasteiger partial charge in [-0.2, -0.15) is 5.06 Å². The standard InChI is InChI=1S/C12H24N2O/c1-9(2)13-8-10-7-11(3,4)14(15)12(10,5)6/h7,9,13,15H,8H2,1-6H3. The molecule has 0 bridgehead atoms. The molecule has 0 aromatic rings. The van der Waals surface area contributed by atoms with Gasteiger partial charge in [-0.25, -0.2) is 0 Å². The van der Waals surface area contributed by atoms with Gasteiger partial charge in [-0.3, -0.25) is 0 Å². The van der Waals surface area contributed by atoms with E-state index in [-0.39, 0.29) is 11.1 Å². The van der Waals surface area contributed by atoms with Gasteiger partial charge >= 0.3 is 0 Å². The molecule has 15 heavy (non-hydrogen) atoms. The van der Waals surface area contributed by atoms with Crippen LogP contribution in [0, 0.1) is 0 Å². The lowest BCUT2D eigenvalue weighted by atomic mass is 9.96. The fourth-order valence-electron chi connectivity index (χ4n) is 2.10. The van der Waals surface area contributed by atoms with Crippen LogP contribution in [-0.2, 0) is 0 Å². The quantitative estimate of drug-likeness (QED) is 0.704. The molecule has 0 aromatic heterocycles. The fraction of sp³-hybridized carbons (Fsp3) is 0.833. The van der Waals surface area contributed by atoms with Gasteiger partial charge in [-0.15, -0.1) is 0 Å². The molecule has 0 atom stereocenters. The summed E-state index contributed by atoms with van der Waals surface area (Å²) in [6.45, 7) is 13.2. The molecule has 0 aromatic carbocycles. The Morgan fingerprint density at radius 3 is 2.20 bits per heavy atom. The molecular formula is C12H24N2O. The molecule has 0 saturated carbocycles. The second-order valence-electron chi connectivity index (χ2n) is 5.73. The molecule has 0 aliphatic carbocycles. The van der Waals surface area contributed by atoms with Crippen molar-refractivity contribution in [1.82, 2.24) is 10.4 Å². The molecule has 3 heteroatoms. The predicted molar refractivity (Wildman–Crippen MR) is 63.0 cm³/mol. The number of nitrogens with zero attached hydrogens (tertiary/aromatic N) is 1. The summed E-state index contributed by atoms with van der Waals surface area (Å²) < 4.78 is 0. The van der Waals surface area contributed by atoms with Gasteiger partial charge in [-0.1, -0.05) is 19.9 Å². The van der Waals surface area contributed by atoms with E-state index in [4.69, 9.17) is 0 Å². The molecule has 0 unspecified atom stereocenters. The normalized spacial score (nSPS) is 24.7. The summed E-state index contributed by atoms with van der Waals surface area (Å²) in [6, 6.07) is 0.470. The van der Waals surface area contributed by atoms with Crippen molar-refractivity contribution in [2.45, 2.75) is 58.7 Å². The van der Waals surface area contributed by atoms with Crippen LogP contribution in [0.25, 0.3) is 0 Å². The van der Waals surface area contributed by atoms with Crippen LogP contribution in [0.1, 0.15) is 41.5 Å². The van der Waals surface area contributed by atoms with Gasteiger partial charge in [0.15, 0.2) is 0 Å². The van der Waals surface area contributed by atoms with Crippen molar-refractivity contribution in [3.63, 3.8) is 0 Å². The van der Waals surface area contributed by atoms with E-state index in [1.54, 1.807) is 0 Å². The molecule has 0 amide bonds. The van der Waals surface area contributed by atoms with Crippen LogP contribution in [0.5, 0.6) is 0 Å². The number of nitrogens with one attached hydrogen (secondary N) is 1. The van der Waals surface area contributed by atoms with Crippen LogP contribution in [0.2, 0.25) is 0 Å². The molecule has 1 heterocycles. The highest BCUT2D eigenvalue weighted by Gasteiger charge is 2.44. The van der Waals surface area contributed by atoms with Gasteiger partial charge in [0.05, 0.1) is 11.1 Å². The predicted octanol–water partition coefficient (Wildman–Crippen LogP) is 2.17. The van der Waals surface area contributed by atoms with E-state index in [9.17, 15) is 5.21 Å². The first-order chi connectivity index (χ1) is 6.68. The summed E-state index contributed by atoms with van der Waals surface area (Å²) >= 11 is 0. The Kier molecular flexibility index (Phi) is 3.29. The minimum atomic E-state index is -0.272. The van der Waals surface area contributed by atoms with E-state index in [0.717, 1.165) is 6.54 Å². The molecule has 1 rings (SSSR count). The van der Waals surface area contributed by atoms with Crippen molar-refractivity contribution >= 4 is 0 Å².